The zero-order chi connectivity index (χ0) is 21.0. The van der Waals surface area contributed by atoms with Crippen LogP contribution in [0.2, 0.25) is 0 Å². The van der Waals surface area contributed by atoms with E-state index >= 15 is 0 Å². The Morgan fingerprint density at radius 3 is 2.38 bits per heavy atom. The van der Waals surface area contributed by atoms with Gasteiger partial charge in [-0.2, -0.15) is 0 Å². The molecular formula is C23H28N2O4. The Balaban J connectivity index is 1.73. The quantitative estimate of drug-likeness (QED) is 0.784. The highest BCUT2D eigenvalue weighted by Crippen LogP contribution is 2.28. The molecule has 154 valence electrons. The molecular weight excluding hydrogens is 368 g/mol. The van der Waals surface area contributed by atoms with Gasteiger partial charge >= 0.3 is 5.97 Å². The zero-order valence-electron chi connectivity index (χ0n) is 16.9. The number of carboxylic acid groups (broad SMARTS) is 1. The number of hydrogen-bond donors (Lipinski definition) is 2. The van der Waals surface area contributed by atoms with Gasteiger partial charge in [0.2, 0.25) is 11.8 Å². The number of fused-ring (bicyclic) bond motifs is 1. The van der Waals surface area contributed by atoms with E-state index in [9.17, 15) is 19.5 Å². The van der Waals surface area contributed by atoms with Crippen LogP contribution in [0.25, 0.3) is 10.8 Å². The fraction of sp³-hybridized carbons (Fsp3) is 0.435. The van der Waals surface area contributed by atoms with Gasteiger partial charge in [-0.3, -0.25) is 14.4 Å². The van der Waals surface area contributed by atoms with E-state index in [4.69, 9.17) is 0 Å². The molecule has 2 aromatic carbocycles. The number of carbonyl (C=O) groups is 3. The lowest BCUT2D eigenvalue weighted by molar-refractivity contribution is -0.140. The Kier molecular flexibility index (Phi) is 6.52. The average molecular weight is 396 g/mol. The van der Waals surface area contributed by atoms with Gasteiger partial charge in [0.15, 0.2) is 0 Å². The largest absolute Gasteiger partial charge is 0.481 e. The van der Waals surface area contributed by atoms with E-state index in [0.29, 0.717) is 25.9 Å². The summed E-state index contributed by atoms with van der Waals surface area (Å²) in [5, 5.41) is 14.3. The Labute approximate surface area is 170 Å². The van der Waals surface area contributed by atoms with Gasteiger partial charge in [0.25, 0.3) is 0 Å². The van der Waals surface area contributed by atoms with E-state index in [0.717, 1.165) is 16.3 Å². The summed E-state index contributed by atoms with van der Waals surface area (Å²) in [5.74, 6) is -1.24. The molecule has 29 heavy (non-hydrogen) atoms. The predicted octanol–water partition coefficient (Wildman–Crippen LogP) is 3.37. The van der Waals surface area contributed by atoms with Crippen molar-refractivity contribution < 1.29 is 19.5 Å². The minimum Gasteiger partial charge on any atom is -0.481 e. The average Bonchev–Trinajstić information content (AvgIpc) is 2.72. The molecule has 2 amide bonds. The molecule has 0 aromatic heterocycles. The molecule has 0 saturated carbocycles. The topological polar surface area (TPSA) is 86.7 Å². The second-order valence-electron chi connectivity index (χ2n) is 7.98. The summed E-state index contributed by atoms with van der Waals surface area (Å²) in [5.41, 5.74) is 0.811. The highest BCUT2D eigenvalue weighted by Gasteiger charge is 2.30. The second kappa shape index (κ2) is 9.07. The van der Waals surface area contributed by atoms with Crippen LogP contribution in [0, 0.1) is 11.8 Å². The third-order valence-electron chi connectivity index (χ3n) is 5.57. The van der Waals surface area contributed by atoms with Crippen LogP contribution >= 0.6 is 0 Å². The molecule has 3 rings (SSSR count). The van der Waals surface area contributed by atoms with Crippen molar-refractivity contribution in [2.45, 2.75) is 39.2 Å². The van der Waals surface area contributed by atoms with Gasteiger partial charge in [-0.1, -0.05) is 56.3 Å². The monoisotopic (exact) mass is 396 g/mol. The van der Waals surface area contributed by atoms with E-state index in [1.165, 1.54) is 0 Å². The molecule has 0 spiro atoms. The number of amides is 2. The zero-order valence-corrected chi connectivity index (χ0v) is 16.9. The number of likely N-dealkylation sites (tertiary alicyclic amines) is 1. The van der Waals surface area contributed by atoms with Crippen LogP contribution in [0.3, 0.4) is 0 Å². The standard InChI is InChI=1S/C23H28N2O4/c1-15(2)23(29)25-12-10-17(11-13-25)22(28)24-20(14-21(26)27)19-9-5-7-16-6-3-4-8-18(16)19/h3-9,15,17,20H,10-14H2,1-2H3,(H,24,28)(H,26,27)/t20-/m1/s1. The summed E-state index contributed by atoms with van der Waals surface area (Å²) >= 11 is 0. The molecule has 1 fully saturated rings. The molecule has 1 heterocycles. The van der Waals surface area contributed by atoms with Crippen LogP contribution in [-0.4, -0.2) is 40.9 Å². The number of nitrogens with zero attached hydrogens (tertiary/aromatic N) is 1. The highest BCUT2D eigenvalue weighted by atomic mass is 16.4. The van der Waals surface area contributed by atoms with Crippen molar-refractivity contribution in [3.8, 4) is 0 Å². The van der Waals surface area contributed by atoms with Crippen molar-refractivity contribution in [3.63, 3.8) is 0 Å². The molecule has 2 N–H and O–H groups in total. The maximum absolute atomic E-state index is 12.9. The van der Waals surface area contributed by atoms with Crippen molar-refractivity contribution in [2.75, 3.05) is 13.1 Å². The number of carboxylic acids is 1. The predicted molar refractivity (Wildman–Crippen MR) is 111 cm³/mol. The maximum atomic E-state index is 12.9. The fourth-order valence-electron chi connectivity index (χ4n) is 3.98. The summed E-state index contributed by atoms with van der Waals surface area (Å²) in [7, 11) is 0. The van der Waals surface area contributed by atoms with Crippen molar-refractivity contribution in [1.82, 2.24) is 10.2 Å². The Morgan fingerprint density at radius 1 is 1.07 bits per heavy atom. The third-order valence-corrected chi connectivity index (χ3v) is 5.57. The first-order valence-corrected chi connectivity index (χ1v) is 10.2. The minimum absolute atomic E-state index is 0.0494. The van der Waals surface area contributed by atoms with Crippen molar-refractivity contribution in [1.29, 1.82) is 0 Å². The fourth-order valence-corrected chi connectivity index (χ4v) is 3.98. The van der Waals surface area contributed by atoms with Crippen molar-refractivity contribution >= 4 is 28.6 Å². The van der Waals surface area contributed by atoms with E-state index in [-0.39, 0.29) is 30.1 Å². The molecule has 1 aliphatic rings. The van der Waals surface area contributed by atoms with Crippen LogP contribution in [-0.2, 0) is 14.4 Å². The third kappa shape index (κ3) is 4.94. The van der Waals surface area contributed by atoms with E-state index in [1.54, 1.807) is 0 Å². The van der Waals surface area contributed by atoms with Crippen LogP contribution in [0.4, 0.5) is 0 Å². The number of nitrogens with one attached hydrogen (secondary N) is 1. The van der Waals surface area contributed by atoms with Crippen LogP contribution < -0.4 is 5.32 Å². The van der Waals surface area contributed by atoms with E-state index < -0.39 is 12.0 Å². The second-order valence-corrected chi connectivity index (χ2v) is 7.98. The summed E-state index contributed by atoms with van der Waals surface area (Å²) in [6, 6.07) is 12.9. The van der Waals surface area contributed by atoms with Crippen molar-refractivity contribution in [2.24, 2.45) is 11.8 Å². The molecule has 2 aromatic rings. The van der Waals surface area contributed by atoms with Gasteiger partial charge < -0.3 is 15.3 Å². The molecule has 1 saturated heterocycles. The SMILES string of the molecule is CC(C)C(=O)N1CCC(C(=O)N[C@H](CC(=O)O)c2cccc3ccccc23)CC1. The maximum Gasteiger partial charge on any atom is 0.305 e. The van der Waals surface area contributed by atoms with E-state index in [1.807, 2.05) is 61.2 Å². The number of hydrogen-bond acceptors (Lipinski definition) is 3. The highest BCUT2D eigenvalue weighted by molar-refractivity contribution is 5.88. The number of aliphatic carboxylic acids is 1. The summed E-state index contributed by atoms with van der Waals surface area (Å²) < 4.78 is 0. The molecule has 1 aliphatic heterocycles. The van der Waals surface area contributed by atoms with Gasteiger partial charge in [-0.05, 0) is 29.2 Å². The number of piperidine rings is 1. The molecule has 6 nitrogen and oxygen atoms in total. The number of rotatable bonds is 6. The molecule has 0 bridgehead atoms. The molecule has 0 aliphatic carbocycles. The van der Waals surface area contributed by atoms with Gasteiger partial charge in [-0.25, -0.2) is 0 Å². The lowest BCUT2D eigenvalue weighted by Gasteiger charge is -2.33. The van der Waals surface area contributed by atoms with Crippen LogP contribution in [0.1, 0.15) is 44.7 Å². The Hall–Kier alpha value is -2.89. The minimum atomic E-state index is -0.958. The first-order chi connectivity index (χ1) is 13.9. The van der Waals surface area contributed by atoms with Crippen molar-refractivity contribution in [3.05, 3.63) is 48.0 Å². The smallest absolute Gasteiger partial charge is 0.305 e. The lowest BCUT2D eigenvalue weighted by atomic mass is 9.92. The molecule has 6 heteroatoms. The summed E-state index contributed by atoms with van der Waals surface area (Å²) in [6.45, 7) is 4.88. The summed E-state index contributed by atoms with van der Waals surface area (Å²) in [4.78, 5) is 38.3. The lowest BCUT2D eigenvalue weighted by Crippen LogP contribution is -2.45. The first-order valence-electron chi connectivity index (χ1n) is 10.2. The Morgan fingerprint density at radius 2 is 1.72 bits per heavy atom. The summed E-state index contributed by atoms with van der Waals surface area (Å²) in [6.07, 6.45) is 1.02. The normalized spacial score (nSPS) is 16.0. The van der Waals surface area contributed by atoms with Crippen LogP contribution in [0.5, 0.6) is 0 Å². The number of benzene rings is 2. The van der Waals surface area contributed by atoms with Gasteiger partial charge in [0.1, 0.15) is 0 Å². The molecule has 1 atom stereocenters. The van der Waals surface area contributed by atoms with E-state index in [2.05, 4.69) is 5.32 Å². The Bertz CT molecular complexity index is 895. The molecule has 0 radical (unpaired) electrons. The molecule has 0 unspecified atom stereocenters. The van der Waals surface area contributed by atoms with Gasteiger partial charge in [0, 0.05) is 24.9 Å². The number of carbonyl (C=O) groups excluding carboxylic acids is 2. The van der Waals surface area contributed by atoms with Gasteiger partial charge in [-0.15, -0.1) is 0 Å². The van der Waals surface area contributed by atoms with Crippen LogP contribution in [0.15, 0.2) is 42.5 Å². The first kappa shape index (κ1) is 20.8. The van der Waals surface area contributed by atoms with Gasteiger partial charge in [0.05, 0.1) is 12.5 Å².